The number of H-pyrrole nitrogens is 1. The van der Waals surface area contributed by atoms with Crippen LogP contribution in [0.15, 0.2) is 42.5 Å². The van der Waals surface area contributed by atoms with Gasteiger partial charge in [-0.05, 0) is 30.7 Å². The van der Waals surface area contributed by atoms with Crippen LogP contribution in [-0.2, 0) is 0 Å². The van der Waals surface area contributed by atoms with Crippen molar-refractivity contribution in [1.29, 1.82) is 5.26 Å². The molecule has 3 heterocycles. The Morgan fingerprint density at radius 3 is 2.65 bits per heavy atom. The molecular formula is C20H19N5O. The highest BCUT2D eigenvalue weighted by atomic mass is 16.2. The Kier molecular flexibility index (Phi) is 4.05. The van der Waals surface area contributed by atoms with Gasteiger partial charge in [-0.15, -0.1) is 0 Å². The van der Waals surface area contributed by atoms with Crippen LogP contribution in [-0.4, -0.2) is 47.0 Å². The number of pyridine rings is 1. The number of carbonyl (C=O) groups is 1. The first-order chi connectivity index (χ1) is 12.7. The van der Waals surface area contributed by atoms with E-state index in [4.69, 9.17) is 5.26 Å². The second-order valence-corrected chi connectivity index (χ2v) is 6.50. The van der Waals surface area contributed by atoms with Crippen LogP contribution in [0.1, 0.15) is 21.7 Å². The van der Waals surface area contributed by atoms with Crippen molar-refractivity contribution in [2.45, 2.75) is 6.92 Å². The first kappa shape index (κ1) is 16.2. The van der Waals surface area contributed by atoms with Crippen LogP contribution in [0.2, 0.25) is 0 Å². The van der Waals surface area contributed by atoms with Crippen LogP contribution in [0.5, 0.6) is 0 Å². The second kappa shape index (κ2) is 6.52. The molecule has 1 aromatic carbocycles. The summed E-state index contributed by atoms with van der Waals surface area (Å²) in [6.45, 7) is 4.54. The predicted molar refractivity (Wildman–Crippen MR) is 100 cm³/mol. The van der Waals surface area contributed by atoms with Crippen LogP contribution >= 0.6 is 0 Å². The number of nitrogens with one attached hydrogen (secondary N) is 1. The van der Waals surface area contributed by atoms with Crippen LogP contribution in [0.3, 0.4) is 0 Å². The third-order valence-electron chi connectivity index (χ3n) is 4.84. The zero-order valence-electron chi connectivity index (χ0n) is 14.6. The molecule has 26 heavy (non-hydrogen) atoms. The van der Waals surface area contributed by atoms with E-state index in [9.17, 15) is 4.79 Å². The molecule has 130 valence electrons. The van der Waals surface area contributed by atoms with Gasteiger partial charge in [0.15, 0.2) is 0 Å². The summed E-state index contributed by atoms with van der Waals surface area (Å²) in [4.78, 5) is 24.4. The van der Waals surface area contributed by atoms with E-state index < -0.39 is 0 Å². The molecule has 1 aliphatic rings. The van der Waals surface area contributed by atoms with Gasteiger partial charge in [0.2, 0.25) is 0 Å². The molecule has 6 heteroatoms. The number of aromatic amines is 1. The smallest absolute Gasteiger partial charge is 0.270 e. The van der Waals surface area contributed by atoms with Crippen molar-refractivity contribution in [3.05, 3.63) is 59.4 Å². The summed E-state index contributed by atoms with van der Waals surface area (Å²) in [6, 6.07) is 15.8. The van der Waals surface area contributed by atoms with Crippen LogP contribution in [0, 0.1) is 18.3 Å². The maximum absolute atomic E-state index is 12.8. The number of rotatable bonds is 2. The van der Waals surface area contributed by atoms with E-state index in [-0.39, 0.29) is 5.91 Å². The normalized spacial score (nSPS) is 14.5. The van der Waals surface area contributed by atoms with E-state index in [2.05, 4.69) is 20.9 Å². The predicted octanol–water partition coefficient (Wildman–Crippen LogP) is 2.71. The Hall–Kier alpha value is -3.33. The Labute approximate surface area is 151 Å². The van der Waals surface area contributed by atoms with E-state index in [1.54, 1.807) is 0 Å². The van der Waals surface area contributed by atoms with Crippen molar-refractivity contribution >= 4 is 22.6 Å². The highest BCUT2D eigenvalue weighted by Gasteiger charge is 2.24. The number of hydrogen-bond acceptors (Lipinski definition) is 4. The van der Waals surface area contributed by atoms with E-state index in [1.165, 1.54) is 0 Å². The molecule has 0 atom stereocenters. The lowest BCUT2D eigenvalue weighted by Gasteiger charge is -2.35. The molecular weight excluding hydrogens is 326 g/mol. The average molecular weight is 345 g/mol. The largest absolute Gasteiger partial charge is 0.353 e. The maximum atomic E-state index is 12.8. The molecule has 1 saturated heterocycles. The van der Waals surface area contributed by atoms with Gasteiger partial charge in [0.25, 0.3) is 5.91 Å². The zero-order valence-corrected chi connectivity index (χ0v) is 14.6. The lowest BCUT2D eigenvalue weighted by atomic mass is 10.2. The fourth-order valence-corrected chi connectivity index (χ4v) is 3.31. The minimum absolute atomic E-state index is 0.0235. The second-order valence-electron chi connectivity index (χ2n) is 6.50. The summed E-state index contributed by atoms with van der Waals surface area (Å²) in [7, 11) is 0. The Bertz CT molecular complexity index is 975. The Morgan fingerprint density at radius 1 is 1.15 bits per heavy atom. The van der Waals surface area contributed by atoms with E-state index in [0.717, 1.165) is 22.3 Å². The number of anilines is 1. The third kappa shape index (κ3) is 2.88. The minimum Gasteiger partial charge on any atom is -0.353 e. The Balaban J connectivity index is 1.46. The van der Waals surface area contributed by atoms with Crippen molar-refractivity contribution in [3.8, 4) is 6.07 Å². The molecule has 0 radical (unpaired) electrons. The summed E-state index contributed by atoms with van der Waals surface area (Å²) in [6.07, 6.45) is 0. The SMILES string of the molecule is Cc1ccc(N2CCN(C(=O)c3cc4ccccc4[nH]3)CC2)nc1C#N. The van der Waals surface area contributed by atoms with Crippen molar-refractivity contribution in [3.63, 3.8) is 0 Å². The van der Waals surface area contributed by atoms with Gasteiger partial charge >= 0.3 is 0 Å². The summed E-state index contributed by atoms with van der Waals surface area (Å²) >= 11 is 0. The van der Waals surface area contributed by atoms with Crippen molar-refractivity contribution in [2.24, 2.45) is 0 Å². The van der Waals surface area contributed by atoms with Gasteiger partial charge in [0, 0.05) is 37.1 Å². The van der Waals surface area contributed by atoms with Crippen LogP contribution in [0.4, 0.5) is 5.82 Å². The molecule has 1 amide bonds. The first-order valence-electron chi connectivity index (χ1n) is 8.65. The first-order valence-corrected chi connectivity index (χ1v) is 8.65. The summed E-state index contributed by atoms with van der Waals surface area (Å²) in [5.41, 5.74) is 2.94. The molecule has 2 aromatic heterocycles. The van der Waals surface area contributed by atoms with Crippen molar-refractivity contribution in [1.82, 2.24) is 14.9 Å². The van der Waals surface area contributed by atoms with E-state index in [0.29, 0.717) is 37.6 Å². The minimum atomic E-state index is 0.0235. The number of hydrogen-bond donors (Lipinski definition) is 1. The molecule has 0 bridgehead atoms. The standard InChI is InChI=1S/C20H19N5O/c1-14-6-7-19(23-18(14)13-21)24-8-10-25(11-9-24)20(26)17-12-15-4-2-3-5-16(15)22-17/h2-7,12,22H,8-11H2,1H3. The molecule has 0 unspecified atom stereocenters. The number of nitrogens with zero attached hydrogens (tertiary/aromatic N) is 4. The molecule has 3 aromatic rings. The van der Waals surface area contributed by atoms with Gasteiger partial charge in [-0.25, -0.2) is 4.98 Å². The van der Waals surface area contributed by atoms with Gasteiger partial charge in [-0.3, -0.25) is 4.79 Å². The number of amides is 1. The lowest BCUT2D eigenvalue weighted by Crippen LogP contribution is -2.49. The molecule has 6 nitrogen and oxygen atoms in total. The van der Waals surface area contributed by atoms with E-state index >= 15 is 0 Å². The van der Waals surface area contributed by atoms with Gasteiger partial charge in [0.1, 0.15) is 23.3 Å². The Morgan fingerprint density at radius 2 is 1.92 bits per heavy atom. The molecule has 4 rings (SSSR count). The van der Waals surface area contributed by atoms with Crippen molar-refractivity contribution in [2.75, 3.05) is 31.1 Å². The van der Waals surface area contributed by atoms with Gasteiger partial charge < -0.3 is 14.8 Å². The molecule has 1 aliphatic heterocycles. The number of fused-ring (bicyclic) bond motifs is 1. The zero-order chi connectivity index (χ0) is 18.1. The highest BCUT2D eigenvalue weighted by Crippen LogP contribution is 2.19. The number of benzene rings is 1. The number of carbonyl (C=O) groups excluding carboxylic acids is 1. The summed E-state index contributed by atoms with van der Waals surface area (Å²) in [5.74, 6) is 0.820. The summed E-state index contributed by atoms with van der Waals surface area (Å²) in [5, 5.41) is 10.2. The fourth-order valence-electron chi connectivity index (χ4n) is 3.31. The number of nitriles is 1. The van der Waals surface area contributed by atoms with Gasteiger partial charge in [-0.1, -0.05) is 24.3 Å². The number of piperazine rings is 1. The third-order valence-corrected chi connectivity index (χ3v) is 4.84. The van der Waals surface area contributed by atoms with Gasteiger partial charge in [0.05, 0.1) is 0 Å². The monoisotopic (exact) mass is 345 g/mol. The van der Waals surface area contributed by atoms with Gasteiger partial charge in [-0.2, -0.15) is 5.26 Å². The molecule has 0 aliphatic carbocycles. The topological polar surface area (TPSA) is 76.0 Å². The maximum Gasteiger partial charge on any atom is 0.270 e. The molecule has 0 saturated carbocycles. The molecule has 1 fully saturated rings. The van der Waals surface area contributed by atoms with Crippen LogP contribution < -0.4 is 4.90 Å². The number of para-hydroxylation sites is 1. The summed E-state index contributed by atoms with van der Waals surface area (Å²) < 4.78 is 0. The quantitative estimate of drug-likeness (QED) is 0.775. The number of aromatic nitrogens is 2. The lowest BCUT2D eigenvalue weighted by molar-refractivity contribution is 0.0741. The van der Waals surface area contributed by atoms with E-state index in [1.807, 2.05) is 54.3 Å². The average Bonchev–Trinajstić information content (AvgIpc) is 3.12. The van der Waals surface area contributed by atoms with Crippen molar-refractivity contribution < 1.29 is 4.79 Å². The molecule has 0 spiro atoms. The van der Waals surface area contributed by atoms with Crippen LogP contribution in [0.25, 0.3) is 10.9 Å². The fraction of sp³-hybridized carbons (Fsp3) is 0.250. The molecule has 1 N–H and O–H groups in total. The highest BCUT2D eigenvalue weighted by molar-refractivity contribution is 5.98. The number of aryl methyl sites for hydroxylation is 1.